The van der Waals surface area contributed by atoms with Crippen LogP contribution in [0, 0.1) is 0 Å². The maximum Gasteiger partial charge on any atom is 0.356 e. The molecule has 1 aromatic heterocycles. The number of rotatable bonds is 4. The summed E-state index contributed by atoms with van der Waals surface area (Å²) < 4.78 is 1.63. The number of carbonyl (C=O) groups is 2. The molecule has 0 spiro atoms. The van der Waals surface area contributed by atoms with Gasteiger partial charge in [-0.2, -0.15) is 0 Å². The van der Waals surface area contributed by atoms with Crippen molar-refractivity contribution in [3.05, 3.63) is 18.2 Å². The summed E-state index contributed by atoms with van der Waals surface area (Å²) in [5.41, 5.74) is 5.78. The summed E-state index contributed by atoms with van der Waals surface area (Å²) in [5, 5.41) is 11.5. The van der Waals surface area contributed by atoms with Crippen molar-refractivity contribution in [3.8, 4) is 0 Å². The Balaban J connectivity index is 1.72. The van der Waals surface area contributed by atoms with Crippen LogP contribution in [0.1, 0.15) is 23.3 Å². The van der Waals surface area contributed by atoms with E-state index >= 15 is 0 Å². The Hall–Kier alpha value is -2.09. The van der Waals surface area contributed by atoms with Gasteiger partial charge in [-0.05, 0) is 12.8 Å². The molecule has 2 rings (SSSR count). The van der Waals surface area contributed by atoms with Gasteiger partial charge < -0.3 is 25.6 Å². The average Bonchev–Trinajstić information content (AvgIpc) is 2.88. The van der Waals surface area contributed by atoms with Crippen LogP contribution in [-0.2, 0) is 6.54 Å². The molecule has 8 heteroatoms. The van der Waals surface area contributed by atoms with Gasteiger partial charge in [0.05, 0.1) is 6.33 Å². The number of carbonyl (C=O) groups excluding carboxylic acids is 1. The molecule has 1 fully saturated rings. The minimum Gasteiger partial charge on any atom is -0.476 e. The van der Waals surface area contributed by atoms with Crippen LogP contribution in [0.3, 0.4) is 0 Å². The monoisotopic (exact) mass is 281 g/mol. The van der Waals surface area contributed by atoms with Crippen molar-refractivity contribution in [3.63, 3.8) is 0 Å². The molecule has 0 aromatic carbocycles. The third kappa shape index (κ3) is 3.70. The number of imidazole rings is 1. The fraction of sp³-hybridized carbons (Fsp3) is 0.583. The van der Waals surface area contributed by atoms with E-state index in [4.69, 9.17) is 10.8 Å². The number of aromatic nitrogens is 2. The summed E-state index contributed by atoms with van der Waals surface area (Å²) in [6, 6.07) is 0.0925. The quantitative estimate of drug-likeness (QED) is 0.702. The van der Waals surface area contributed by atoms with E-state index in [-0.39, 0.29) is 17.8 Å². The van der Waals surface area contributed by atoms with Gasteiger partial charge in [0.15, 0.2) is 5.69 Å². The summed E-state index contributed by atoms with van der Waals surface area (Å²) in [7, 11) is 0. The maximum absolute atomic E-state index is 11.9. The van der Waals surface area contributed by atoms with Gasteiger partial charge in [-0.3, -0.25) is 0 Å². The topological polar surface area (TPSA) is 113 Å². The summed E-state index contributed by atoms with van der Waals surface area (Å²) >= 11 is 0. The first-order valence-electron chi connectivity index (χ1n) is 6.59. The highest BCUT2D eigenvalue weighted by molar-refractivity contribution is 5.84. The number of piperidine rings is 1. The van der Waals surface area contributed by atoms with E-state index in [9.17, 15) is 9.59 Å². The number of aromatic carboxylic acids is 1. The molecule has 1 aliphatic rings. The number of carboxylic acid groups (broad SMARTS) is 1. The number of nitrogens with two attached hydrogens (primary N) is 1. The predicted molar refractivity (Wildman–Crippen MR) is 71.4 cm³/mol. The van der Waals surface area contributed by atoms with Crippen molar-refractivity contribution < 1.29 is 14.7 Å². The Morgan fingerprint density at radius 1 is 1.45 bits per heavy atom. The molecular weight excluding hydrogens is 262 g/mol. The normalized spacial score (nSPS) is 16.1. The smallest absolute Gasteiger partial charge is 0.356 e. The zero-order chi connectivity index (χ0) is 14.5. The van der Waals surface area contributed by atoms with Crippen molar-refractivity contribution in [2.24, 2.45) is 5.73 Å². The lowest BCUT2D eigenvalue weighted by Gasteiger charge is -2.30. The van der Waals surface area contributed by atoms with Gasteiger partial charge in [0, 0.05) is 38.4 Å². The average molecular weight is 281 g/mol. The van der Waals surface area contributed by atoms with E-state index < -0.39 is 5.97 Å². The maximum atomic E-state index is 11.9. The Bertz CT molecular complexity index is 479. The van der Waals surface area contributed by atoms with Gasteiger partial charge >= 0.3 is 12.0 Å². The molecule has 2 heterocycles. The Morgan fingerprint density at radius 3 is 2.75 bits per heavy atom. The Labute approximate surface area is 116 Å². The van der Waals surface area contributed by atoms with Crippen molar-refractivity contribution in [2.45, 2.75) is 25.4 Å². The van der Waals surface area contributed by atoms with E-state index in [2.05, 4.69) is 10.3 Å². The number of nitrogens with one attached hydrogen (secondary N) is 1. The standard InChI is InChI=1S/C12H19N5O3/c13-9-1-4-17(5-2-9)12(20)14-3-6-16-7-10(11(18)19)15-8-16/h7-9H,1-6,13H2,(H,14,20)(H,18,19). The second-order valence-corrected chi connectivity index (χ2v) is 4.86. The molecule has 0 atom stereocenters. The lowest BCUT2D eigenvalue weighted by atomic mass is 10.1. The number of amides is 2. The van der Waals surface area contributed by atoms with Crippen molar-refractivity contribution >= 4 is 12.0 Å². The highest BCUT2D eigenvalue weighted by atomic mass is 16.4. The zero-order valence-corrected chi connectivity index (χ0v) is 11.2. The SMILES string of the molecule is NC1CCN(C(=O)NCCn2cnc(C(=O)O)c2)CC1. The van der Waals surface area contributed by atoms with E-state index in [1.807, 2.05) is 0 Å². The largest absolute Gasteiger partial charge is 0.476 e. The second-order valence-electron chi connectivity index (χ2n) is 4.86. The van der Waals surface area contributed by atoms with Gasteiger partial charge in [0.25, 0.3) is 0 Å². The van der Waals surface area contributed by atoms with Gasteiger partial charge in [-0.15, -0.1) is 0 Å². The molecule has 2 amide bonds. The number of hydrogen-bond acceptors (Lipinski definition) is 4. The van der Waals surface area contributed by atoms with Gasteiger partial charge in [0.1, 0.15) is 0 Å². The van der Waals surface area contributed by atoms with Gasteiger partial charge in [-0.25, -0.2) is 14.6 Å². The molecule has 0 bridgehead atoms. The number of likely N-dealkylation sites (tertiary alicyclic amines) is 1. The second kappa shape index (κ2) is 6.38. The lowest BCUT2D eigenvalue weighted by Crippen LogP contribution is -2.47. The molecule has 110 valence electrons. The van der Waals surface area contributed by atoms with Crippen LogP contribution in [0.4, 0.5) is 4.79 Å². The van der Waals surface area contributed by atoms with Crippen LogP contribution < -0.4 is 11.1 Å². The molecule has 0 aliphatic carbocycles. The summed E-state index contributed by atoms with van der Waals surface area (Å²) in [6.45, 7) is 2.28. The van der Waals surface area contributed by atoms with Crippen LogP contribution in [0.25, 0.3) is 0 Å². The molecule has 1 saturated heterocycles. The first kappa shape index (κ1) is 14.3. The molecule has 1 aromatic rings. The van der Waals surface area contributed by atoms with Crippen molar-refractivity contribution in [1.82, 2.24) is 19.8 Å². The van der Waals surface area contributed by atoms with E-state index in [1.165, 1.54) is 12.5 Å². The minimum absolute atomic E-state index is 0.00125. The van der Waals surface area contributed by atoms with Crippen molar-refractivity contribution in [2.75, 3.05) is 19.6 Å². The van der Waals surface area contributed by atoms with E-state index in [1.54, 1.807) is 9.47 Å². The van der Waals surface area contributed by atoms with Gasteiger partial charge in [0.2, 0.25) is 0 Å². The molecule has 8 nitrogen and oxygen atoms in total. The fourth-order valence-electron chi connectivity index (χ4n) is 2.10. The third-order valence-electron chi connectivity index (χ3n) is 3.33. The first-order chi connectivity index (χ1) is 9.56. The van der Waals surface area contributed by atoms with E-state index in [0.29, 0.717) is 26.2 Å². The van der Waals surface area contributed by atoms with Crippen molar-refractivity contribution in [1.29, 1.82) is 0 Å². The highest BCUT2D eigenvalue weighted by Gasteiger charge is 2.19. The number of carboxylic acids is 1. The molecule has 0 radical (unpaired) electrons. The number of hydrogen-bond donors (Lipinski definition) is 3. The number of urea groups is 1. The summed E-state index contributed by atoms with van der Waals surface area (Å²) in [4.78, 5) is 28.0. The molecule has 0 saturated carbocycles. The molecule has 20 heavy (non-hydrogen) atoms. The number of nitrogens with zero attached hydrogens (tertiary/aromatic N) is 3. The van der Waals surface area contributed by atoms with E-state index in [0.717, 1.165) is 12.8 Å². The lowest BCUT2D eigenvalue weighted by molar-refractivity contribution is 0.0691. The molecule has 1 aliphatic heterocycles. The summed E-state index contributed by atoms with van der Waals surface area (Å²) in [5.74, 6) is -1.06. The van der Waals surface area contributed by atoms with Crippen LogP contribution in [0.15, 0.2) is 12.5 Å². The molecule has 0 unspecified atom stereocenters. The van der Waals surface area contributed by atoms with Crippen LogP contribution in [-0.4, -0.2) is 57.2 Å². The third-order valence-corrected chi connectivity index (χ3v) is 3.33. The highest BCUT2D eigenvalue weighted by Crippen LogP contribution is 2.07. The Morgan fingerprint density at radius 2 is 2.15 bits per heavy atom. The van der Waals surface area contributed by atoms with Crippen LogP contribution in [0.5, 0.6) is 0 Å². The Kier molecular flexibility index (Phi) is 4.57. The molecular formula is C12H19N5O3. The van der Waals surface area contributed by atoms with Gasteiger partial charge in [-0.1, -0.05) is 0 Å². The summed E-state index contributed by atoms with van der Waals surface area (Å²) in [6.07, 6.45) is 4.54. The fourth-order valence-corrected chi connectivity index (χ4v) is 2.10. The zero-order valence-electron chi connectivity index (χ0n) is 11.2. The van der Waals surface area contributed by atoms with Crippen LogP contribution >= 0.6 is 0 Å². The first-order valence-corrected chi connectivity index (χ1v) is 6.59. The predicted octanol–water partition coefficient (Wildman–Crippen LogP) is -0.286. The molecule has 4 N–H and O–H groups in total. The minimum atomic E-state index is -1.06. The van der Waals surface area contributed by atoms with Crippen LogP contribution in [0.2, 0.25) is 0 Å².